The minimum absolute atomic E-state index is 0.240. The highest BCUT2D eigenvalue weighted by atomic mass is 15.1. The molecule has 1 aliphatic rings. The average Bonchev–Trinajstić information content (AvgIpc) is 4.01. The molecule has 0 atom stereocenters. The summed E-state index contributed by atoms with van der Waals surface area (Å²) in [4.78, 5) is 2.45. The van der Waals surface area contributed by atoms with Crippen LogP contribution in [0.5, 0.6) is 0 Å². The monoisotopic (exact) mass is 893 g/mol. The molecular weight excluding hydrogens is 847 g/mol. The van der Waals surface area contributed by atoms with Crippen LogP contribution in [0, 0.1) is 0 Å². The summed E-state index contributed by atoms with van der Waals surface area (Å²) in [6, 6.07) is 91.6. The maximum absolute atomic E-state index is 2.45. The van der Waals surface area contributed by atoms with Crippen molar-refractivity contribution in [3.8, 4) is 44.8 Å². The van der Waals surface area contributed by atoms with E-state index in [1.54, 1.807) is 0 Å². The Hall–Kier alpha value is -8.92. The predicted molar refractivity (Wildman–Crippen MR) is 296 cm³/mol. The van der Waals surface area contributed by atoms with E-state index in [0.717, 1.165) is 17.1 Å². The van der Waals surface area contributed by atoms with Gasteiger partial charge in [-0.2, -0.15) is 0 Å². The third kappa shape index (κ3) is 6.15. The van der Waals surface area contributed by atoms with Crippen LogP contribution in [-0.2, 0) is 5.41 Å². The Labute approximate surface area is 407 Å². The van der Waals surface area contributed by atoms with Gasteiger partial charge in [0.15, 0.2) is 0 Å². The van der Waals surface area contributed by atoms with E-state index in [1.807, 2.05) is 0 Å². The van der Waals surface area contributed by atoms with E-state index in [9.17, 15) is 0 Å². The van der Waals surface area contributed by atoms with Crippen LogP contribution in [0.3, 0.4) is 0 Å². The van der Waals surface area contributed by atoms with Gasteiger partial charge in [0.2, 0.25) is 0 Å². The Morgan fingerprint density at radius 1 is 0.314 bits per heavy atom. The molecule has 0 aliphatic heterocycles. The zero-order chi connectivity index (χ0) is 46.5. The van der Waals surface area contributed by atoms with E-state index in [1.165, 1.54) is 110 Å². The molecule has 3 heteroatoms. The molecule has 0 saturated heterocycles. The minimum Gasteiger partial charge on any atom is -0.310 e. The second-order valence-corrected chi connectivity index (χ2v) is 19.3. The lowest BCUT2D eigenvalue weighted by Gasteiger charge is -2.29. The molecule has 3 nitrogen and oxygen atoms in total. The minimum atomic E-state index is -0.240. The van der Waals surface area contributed by atoms with Gasteiger partial charge in [0.1, 0.15) is 0 Å². The van der Waals surface area contributed by atoms with E-state index >= 15 is 0 Å². The number of nitrogens with zero attached hydrogens (tertiary/aromatic N) is 3. The highest BCUT2D eigenvalue weighted by Crippen LogP contribution is 2.52. The predicted octanol–water partition coefficient (Wildman–Crippen LogP) is 18.1. The first-order valence-electron chi connectivity index (χ1n) is 24.3. The fourth-order valence-electron chi connectivity index (χ4n) is 11.7. The molecule has 0 radical (unpaired) electrons. The van der Waals surface area contributed by atoms with Crippen molar-refractivity contribution < 1.29 is 0 Å². The summed E-state index contributed by atoms with van der Waals surface area (Å²) < 4.78 is 4.78. The first kappa shape index (κ1) is 40.2. The van der Waals surface area contributed by atoms with E-state index < -0.39 is 0 Å². The second kappa shape index (κ2) is 15.6. The molecule has 0 saturated carbocycles. The molecule has 0 N–H and O–H groups in total. The van der Waals surface area contributed by atoms with Gasteiger partial charge in [-0.1, -0.05) is 172 Å². The molecule has 0 fully saturated rings. The molecule has 0 amide bonds. The molecule has 2 aromatic heterocycles. The first-order valence-corrected chi connectivity index (χ1v) is 24.3. The number of fused-ring (bicyclic) bond motifs is 10. The van der Waals surface area contributed by atoms with Crippen molar-refractivity contribution in [1.82, 2.24) is 9.13 Å². The molecule has 330 valence electrons. The highest BCUT2D eigenvalue weighted by Gasteiger charge is 2.36. The fourth-order valence-corrected chi connectivity index (χ4v) is 11.7. The third-order valence-corrected chi connectivity index (χ3v) is 15.1. The number of anilines is 3. The molecule has 1 aliphatic carbocycles. The van der Waals surface area contributed by atoms with Crippen molar-refractivity contribution in [3.63, 3.8) is 0 Å². The quantitative estimate of drug-likeness (QED) is 0.155. The molecule has 0 bridgehead atoms. The van der Waals surface area contributed by atoms with Crippen LogP contribution in [0.25, 0.3) is 99.1 Å². The summed E-state index contributed by atoms with van der Waals surface area (Å²) in [6.07, 6.45) is 0. The molecule has 70 heavy (non-hydrogen) atoms. The largest absolute Gasteiger partial charge is 0.310 e. The van der Waals surface area contributed by atoms with Crippen LogP contribution in [0.1, 0.15) is 25.0 Å². The lowest BCUT2D eigenvalue weighted by atomic mass is 9.81. The maximum atomic E-state index is 2.45. The number of aromatic nitrogens is 2. The van der Waals surface area contributed by atoms with E-state index in [2.05, 4.69) is 277 Å². The molecule has 14 rings (SSSR count). The number of rotatable bonds is 7. The van der Waals surface area contributed by atoms with Crippen LogP contribution < -0.4 is 4.90 Å². The second-order valence-electron chi connectivity index (χ2n) is 19.3. The number of benzene rings is 11. The van der Waals surface area contributed by atoms with Crippen LogP contribution >= 0.6 is 0 Å². The molecule has 11 aromatic carbocycles. The number of para-hydroxylation sites is 4. The highest BCUT2D eigenvalue weighted by molar-refractivity contribution is 6.12. The summed E-state index contributed by atoms with van der Waals surface area (Å²) in [6.45, 7) is 4.79. The van der Waals surface area contributed by atoms with Crippen LogP contribution in [-0.4, -0.2) is 9.13 Å². The van der Waals surface area contributed by atoms with Gasteiger partial charge in [-0.05, 0) is 141 Å². The summed E-state index contributed by atoms with van der Waals surface area (Å²) >= 11 is 0. The molecule has 0 unspecified atom stereocenters. The number of hydrogen-bond acceptors (Lipinski definition) is 1. The molecular formula is C67H47N3. The fraction of sp³-hybridized carbons (Fsp3) is 0.0448. The van der Waals surface area contributed by atoms with Crippen molar-refractivity contribution in [3.05, 3.63) is 260 Å². The smallest absolute Gasteiger partial charge is 0.0547 e. The topological polar surface area (TPSA) is 13.1 Å². The van der Waals surface area contributed by atoms with Crippen LogP contribution in [0.15, 0.2) is 249 Å². The maximum Gasteiger partial charge on any atom is 0.0547 e. The Bertz CT molecular complexity index is 4190. The van der Waals surface area contributed by atoms with Gasteiger partial charge in [0.05, 0.1) is 27.8 Å². The molecule has 0 spiro atoms. The van der Waals surface area contributed by atoms with Gasteiger partial charge in [-0.25, -0.2) is 0 Å². The van der Waals surface area contributed by atoms with Gasteiger partial charge in [0.25, 0.3) is 0 Å². The van der Waals surface area contributed by atoms with E-state index in [-0.39, 0.29) is 5.41 Å². The summed E-state index contributed by atoms with van der Waals surface area (Å²) in [5.41, 5.74) is 20.5. The lowest BCUT2D eigenvalue weighted by Crippen LogP contribution is -2.16. The summed E-state index contributed by atoms with van der Waals surface area (Å²) in [5.74, 6) is 0. The molecule has 2 heterocycles. The number of hydrogen-bond donors (Lipinski definition) is 0. The van der Waals surface area contributed by atoms with Crippen molar-refractivity contribution in [1.29, 1.82) is 0 Å². The first-order chi connectivity index (χ1) is 34.5. The zero-order valence-electron chi connectivity index (χ0n) is 39.0. The van der Waals surface area contributed by atoms with Crippen molar-refractivity contribution in [2.45, 2.75) is 19.3 Å². The van der Waals surface area contributed by atoms with Gasteiger partial charge < -0.3 is 14.0 Å². The summed E-state index contributed by atoms with van der Waals surface area (Å²) in [5, 5.41) is 7.47. The average molecular weight is 894 g/mol. The van der Waals surface area contributed by atoms with E-state index in [0.29, 0.717) is 0 Å². The van der Waals surface area contributed by atoms with Gasteiger partial charge in [-0.3, -0.25) is 0 Å². The summed E-state index contributed by atoms with van der Waals surface area (Å²) in [7, 11) is 0. The Kier molecular flexibility index (Phi) is 8.93. The molecule has 13 aromatic rings. The standard InChI is InChI=1S/C67H47N3/c1-67(2)60-41-47(48-31-37-58-56-23-11-13-25-63(56)70(66(58)42-48)50-20-7-4-8-21-50)30-36-54(60)55-38-35-52(43-61(55)67)68(62-27-15-17-45-16-9-10-22-53(45)62)51-33-28-44(29-34-51)46-32-39-65-59(40-46)57-24-12-14-26-64(57)69(65)49-18-5-3-6-19-49/h3-43H,1-2H3. The Morgan fingerprint density at radius 2 is 0.800 bits per heavy atom. The van der Waals surface area contributed by atoms with Gasteiger partial charge in [-0.15, -0.1) is 0 Å². The Morgan fingerprint density at radius 3 is 1.53 bits per heavy atom. The van der Waals surface area contributed by atoms with Crippen molar-refractivity contribution in [2.75, 3.05) is 4.90 Å². The normalized spacial score (nSPS) is 12.8. The van der Waals surface area contributed by atoms with Gasteiger partial charge in [0, 0.05) is 55.1 Å². The van der Waals surface area contributed by atoms with Gasteiger partial charge >= 0.3 is 0 Å². The third-order valence-electron chi connectivity index (χ3n) is 15.1. The lowest BCUT2D eigenvalue weighted by molar-refractivity contribution is 0.660. The van der Waals surface area contributed by atoms with Crippen LogP contribution in [0.4, 0.5) is 17.1 Å². The van der Waals surface area contributed by atoms with E-state index in [4.69, 9.17) is 0 Å². The SMILES string of the molecule is CC1(C)c2cc(-c3ccc4c5ccccc5n(-c5ccccc5)c4c3)ccc2-c2ccc(N(c3ccc(-c4ccc5c(c4)c4ccccc4n5-c4ccccc4)cc3)c3cccc4ccccc34)cc21. The van der Waals surface area contributed by atoms with Crippen molar-refractivity contribution in [2.24, 2.45) is 0 Å². The van der Waals surface area contributed by atoms with Crippen LogP contribution in [0.2, 0.25) is 0 Å². The zero-order valence-corrected chi connectivity index (χ0v) is 39.0. The Balaban J connectivity index is 0.855. The van der Waals surface area contributed by atoms with Crippen molar-refractivity contribution >= 4 is 71.4 Å².